The minimum atomic E-state index is -5.17. The second kappa shape index (κ2) is 10.8. The van der Waals surface area contributed by atoms with Crippen molar-refractivity contribution in [1.82, 2.24) is 15.4 Å². The predicted octanol–water partition coefficient (Wildman–Crippen LogP) is 3.22. The number of piperidine rings is 1. The van der Waals surface area contributed by atoms with E-state index in [1.807, 2.05) is 0 Å². The molecule has 1 aromatic heterocycles. The topological polar surface area (TPSA) is 119 Å². The summed E-state index contributed by atoms with van der Waals surface area (Å²) >= 11 is 0. The van der Waals surface area contributed by atoms with Crippen LogP contribution < -0.4 is 5.32 Å². The molecule has 0 unspecified atom stereocenters. The van der Waals surface area contributed by atoms with Gasteiger partial charge in [-0.15, -0.1) is 5.06 Å². The lowest BCUT2D eigenvalue weighted by Crippen LogP contribution is -2.51. The second-order valence-corrected chi connectivity index (χ2v) is 7.62. The van der Waals surface area contributed by atoms with E-state index in [4.69, 9.17) is 5.26 Å². The molecule has 1 aliphatic heterocycles. The molecule has 2 atom stereocenters. The van der Waals surface area contributed by atoms with Gasteiger partial charge in [-0.2, -0.15) is 23.7 Å². The predicted molar refractivity (Wildman–Crippen MR) is 112 cm³/mol. The summed E-state index contributed by atoms with van der Waals surface area (Å²) in [6.07, 6.45) is -2.40. The van der Waals surface area contributed by atoms with E-state index in [-0.39, 0.29) is 19.5 Å². The maximum Gasteiger partial charge on any atom is 0.492 e. The maximum absolute atomic E-state index is 12.6. The Labute approximate surface area is 193 Å². The van der Waals surface area contributed by atoms with Crippen molar-refractivity contribution in [3.8, 4) is 23.4 Å². The van der Waals surface area contributed by atoms with Gasteiger partial charge in [0.1, 0.15) is 6.04 Å². The van der Waals surface area contributed by atoms with Crippen molar-refractivity contribution in [1.29, 1.82) is 10.5 Å². The molecular weight excluding hydrogens is 451 g/mol. The normalized spacial score (nSPS) is 17.1. The van der Waals surface area contributed by atoms with Crippen LogP contribution in [0.1, 0.15) is 36.3 Å². The fourth-order valence-electron chi connectivity index (χ4n) is 3.52. The first-order valence-electron chi connectivity index (χ1n) is 10.4. The molecular formula is C23H20F3N5O3. The van der Waals surface area contributed by atoms with Gasteiger partial charge in [-0.3, -0.25) is 9.78 Å². The van der Waals surface area contributed by atoms with Crippen LogP contribution in [0.15, 0.2) is 42.6 Å². The lowest BCUT2D eigenvalue weighted by molar-refractivity contribution is -0.248. The van der Waals surface area contributed by atoms with Gasteiger partial charge in [-0.25, -0.2) is 4.79 Å². The van der Waals surface area contributed by atoms with Crippen LogP contribution in [-0.2, 0) is 14.4 Å². The number of benzene rings is 1. The van der Waals surface area contributed by atoms with E-state index < -0.39 is 30.0 Å². The van der Waals surface area contributed by atoms with E-state index in [0.717, 1.165) is 10.6 Å². The van der Waals surface area contributed by atoms with Crippen molar-refractivity contribution >= 4 is 11.9 Å². The summed E-state index contributed by atoms with van der Waals surface area (Å²) in [4.78, 5) is 32.5. The number of hydroxylamine groups is 2. The first-order valence-corrected chi connectivity index (χ1v) is 10.4. The number of pyridine rings is 1. The Balaban J connectivity index is 1.64. The fourth-order valence-corrected chi connectivity index (χ4v) is 3.52. The van der Waals surface area contributed by atoms with Crippen LogP contribution in [0.4, 0.5) is 13.2 Å². The van der Waals surface area contributed by atoms with Crippen LogP contribution in [0, 0.1) is 22.7 Å². The van der Waals surface area contributed by atoms with Gasteiger partial charge in [0.25, 0.3) is 0 Å². The van der Waals surface area contributed by atoms with E-state index in [1.54, 1.807) is 36.4 Å². The number of hydrogen-bond donors (Lipinski definition) is 1. The first-order chi connectivity index (χ1) is 16.2. The summed E-state index contributed by atoms with van der Waals surface area (Å²) in [5.41, 5.74) is 2.36. The summed E-state index contributed by atoms with van der Waals surface area (Å²) in [5, 5.41) is 21.9. The van der Waals surface area contributed by atoms with E-state index in [9.17, 15) is 28.0 Å². The zero-order valence-corrected chi connectivity index (χ0v) is 17.9. The number of hydrogen-bond acceptors (Lipinski definition) is 7. The molecule has 3 rings (SSSR count). The number of nitrogens with zero attached hydrogens (tertiary/aromatic N) is 4. The van der Waals surface area contributed by atoms with Crippen LogP contribution >= 0.6 is 0 Å². The molecule has 34 heavy (non-hydrogen) atoms. The number of halogens is 3. The van der Waals surface area contributed by atoms with Gasteiger partial charge in [-0.05, 0) is 43.0 Å². The third-order valence-corrected chi connectivity index (χ3v) is 5.30. The van der Waals surface area contributed by atoms with Crippen LogP contribution in [0.3, 0.4) is 0 Å². The summed E-state index contributed by atoms with van der Waals surface area (Å²) in [6, 6.07) is 13.3. The van der Waals surface area contributed by atoms with E-state index in [2.05, 4.69) is 27.3 Å². The SMILES string of the molecule is N#Cc1cccc(-c2ccc([C@@H](C#N)CNC(=O)[C@@H]3CCCCN3OC(=O)C(F)(F)F)cn2)c1. The van der Waals surface area contributed by atoms with Crippen LogP contribution in [0.5, 0.6) is 0 Å². The Morgan fingerprint density at radius 1 is 1.24 bits per heavy atom. The van der Waals surface area contributed by atoms with Gasteiger partial charge >= 0.3 is 12.1 Å². The monoisotopic (exact) mass is 471 g/mol. The lowest BCUT2D eigenvalue weighted by atomic mass is 10.00. The quantitative estimate of drug-likeness (QED) is 0.687. The minimum Gasteiger partial charge on any atom is -0.360 e. The maximum atomic E-state index is 12.6. The number of carbonyl (C=O) groups is 2. The summed E-state index contributed by atoms with van der Waals surface area (Å²) in [5.74, 6) is -3.77. The third kappa shape index (κ3) is 6.09. The number of alkyl halides is 3. The molecule has 1 N–H and O–H groups in total. The first kappa shape index (κ1) is 24.7. The third-order valence-electron chi connectivity index (χ3n) is 5.30. The van der Waals surface area contributed by atoms with Gasteiger partial charge < -0.3 is 10.2 Å². The number of nitrogens with one attached hydrogen (secondary N) is 1. The Kier molecular flexibility index (Phi) is 7.82. The van der Waals surface area contributed by atoms with Crippen LogP contribution in [-0.4, -0.2) is 47.2 Å². The lowest BCUT2D eigenvalue weighted by Gasteiger charge is -2.32. The smallest absolute Gasteiger partial charge is 0.360 e. The second-order valence-electron chi connectivity index (χ2n) is 7.62. The van der Waals surface area contributed by atoms with Gasteiger partial charge in [0.05, 0.1) is 29.3 Å². The van der Waals surface area contributed by atoms with Gasteiger partial charge in [0.15, 0.2) is 0 Å². The van der Waals surface area contributed by atoms with Crippen molar-refractivity contribution in [2.24, 2.45) is 0 Å². The fraction of sp³-hybridized carbons (Fsp3) is 0.348. The molecule has 1 aliphatic rings. The van der Waals surface area contributed by atoms with Crippen molar-refractivity contribution in [3.05, 3.63) is 53.7 Å². The van der Waals surface area contributed by atoms with Crippen molar-refractivity contribution < 1.29 is 27.6 Å². The number of carbonyl (C=O) groups excluding carboxylic acids is 2. The summed E-state index contributed by atoms with van der Waals surface area (Å²) < 4.78 is 37.6. The molecule has 2 heterocycles. The number of nitriles is 2. The molecule has 11 heteroatoms. The molecule has 1 aromatic carbocycles. The summed E-state index contributed by atoms with van der Waals surface area (Å²) in [6.45, 7) is -0.0994. The average Bonchev–Trinajstić information content (AvgIpc) is 2.84. The molecule has 2 aromatic rings. The highest BCUT2D eigenvalue weighted by molar-refractivity contribution is 5.82. The zero-order chi connectivity index (χ0) is 24.7. The van der Waals surface area contributed by atoms with Crippen LogP contribution in [0.25, 0.3) is 11.3 Å². The Morgan fingerprint density at radius 3 is 2.68 bits per heavy atom. The van der Waals surface area contributed by atoms with E-state index in [0.29, 0.717) is 29.7 Å². The Hall–Kier alpha value is -3.96. The highest BCUT2D eigenvalue weighted by Gasteiger charge is 2.44. The van der Waals surface area contributed by atoms with E-state index >= 15 is 0 Å². The number of amides is 1. The van der Waals surface area contributed by atoms with Crippen molar-refractivity contribution in [3.63, 3.8) is 0 Å². The largest absolute Gasteiger partial charge is 0.492 e. The minimum absolute atomic E-state index is 0.0000309. The molecule has 0 bridgehead atoms. The van der Waals surface area contributed by atoms with Crippen molar-refractivity contribution in [2.75, 3.05) is 13.1 Å². The molecule has 0 spiro atoms. The number of aromatic nitrogens is 1. The number of rotatable bonds is 6. The molecule has 8 nitrogen and oxygen atoms in total. The molecule has 1 saturated heterocycles. The van der Waals surface area contributed by atoms with Crippen LogP contribution in [0.2, 0.25) is 0 Å². The standard InChI is InChI=1S/C23H20F3N5O3/c24-23(25,26)22(33)34-31-9-2-1-6-20(31)21(32)30-14-18(12-28)17-7-8-19(29-13-17)16-5-3-4-15(10-16)11-27/h3-5,7-8,10,13,18,20H,1-2,6,9,14H2,(H,30,32)/t18-,20-/m0/s1. The summed E-state index contributed by atoms with van der Waals surface area (Å²) in [7, 11) is 0. The highest BCUT2D eigenvalue weighted by atomic mass is 19.4. The van der Waals surface area contributed by atoms with Crippen molar-refractivity contribution in [2.45, 2.75) is 37.4 Å². The van der Waals surface area contributed by atoms with Gasteiger partial charge in [0.2, 0.25) is 5.91 Å². The molecule has 1 amide bonds. The Bertz CT molecular complexity index is 1120. The molecule has 1 fully saturated rings. The average molecular weight is 471 g/mol. The highest BCUT2D eigenvalue weighted by Crippen LogP contribution is 2.24. The Morgan fingerprint density at radius 2 is 2.03 bits per heavy atom. The zero-order valence-electron chi connectivity index (χ0n) is 17.9. The molecule has 0 saturated carbocycles. The molecule has 0 aliphatic carbocycles. The molecule has 176 valence electrons. The molecule has 0 radical (unpaired) electrons. The van der Waals surface area contributed by atoms with Gasteiger partial charge in [-0.1, -0.05) is 18.2 Å². The van der Waals surface area contributed by atoms with Gasteiger partial charge in [0, 0.05) is 24.8 Å². The van der Waals surface area contributed by atoms with E-state index in [1.165, 1.54) is 6.20 Å².